The zero-order valence-corrected chi connectivity index (χ0v) is 21.0. The number of barbiturate groups is 1. The topological polar surface area (TPSA) is 119 Å². The molecule has 1 saturated heterocycles. The Morgan fingerprint density at radius 2 is 1.83 bits per heavy atom. The number of carbonyl (C=O) groups excluding carboxylic acids is 3. The number of imide groups is 2. The van der Waals surface area contributed by atoms with Gasteiger partial charge in [-0.25, -0.2) is 9.69 Å². The lowest BCUT2D eigenvalue weighted by Crippen LogP contribution is -2.54. The third-order valence-electron chi connectivity index (χ3n) is 5.23. The summed E-state index contributed by atoms with van der Waals surface area (Å²) in [5.74, 6) is -1.32. The van der Waals surface area contributed by atoms with Gasteiger partial charge in [-0.2, -0.15) is 0 Å². The Bertz CT molecular complexity index is 1410. The fraction of sp³-hybridized carbons (Fsp3) is 0.0800. The van der Waals surface area contributed by atoms with Crippen LogP contribution >= 0.6 is 27.5 Å². The highest BCUT2D eigenvalue weighted by Crippen LogP contribution is 2.36. The Morgan fingerprint density at radius 1 is 1.11 bits per heavy atom. The average molecular weight is 571 g/mol. The Kier molecular flexibility index (Phi) is 7.18. The lowest BCUT2D eigenvalue weighted by molar-refractivity contribution is -0.384. The molecule has 11 heteroatoms. The van der Waals surface area contributed by atoms with Crippen LogP contribution in [0.25, 0.3) is 6.08 Å². The predicted molar refractivity (Wildman–Crippen MR) is 137 cm³/mol. The van der Waals surface area contributed by atoms with Crippen molar-refractivity contribution in [1.82, 2.24) is 5.32 Å². The highest BCUT2D eigenvalue weighted by molar-refractivity contribution is 9.10. The molecule has 0 saturated carbocycles. The minimum atomic E-state index is -0.838. The summed E-state index contributed by atoms with van der Waals surface area (Å²) in [6.45, 7) is 1.89. The van der Waals surface area contributed by atoms with Crippen molar-refractivity contribution in [1.29, 1.82) is 0 Å². The summed E-state index contributed by atoms with van der Waals surface area (Å²) in [5.41, 5.74) is 1.95. The molecule has 0 spiro atoms. The van der Waals surface area contributed by atoms with Gasteiger partial charge in [0, 0.05) is 12.1 Å². The van der Waals surface area contributed by atoms with Crippen molar-refractivity contribution in [2.75, 3.05) is 4.90 Å². The Morgan fingerprint density at radius 3 is 2.50 bits per heavy atom. The minimum Gasteiger partial charge on any atom is -0.486 e. The van der Waals surface area contributed by atoms with Gasteiger partial charge in [-0.05, 0) is 64.3 Å². The third-order valence-corrected chi connectivity index (χ3v) is 6.10. The monoisotopic (exact) mass is 569 g/mol. The molecule has 36 heavy (non-hydrogen) atoms. The zero-order valence-electron chi connectivity index (χ0n) is 18.7. The molecule has 0 atom stereocenters. The van der Waals surface area contributed by atoms with E-state index in [0.29, 0.717) is 21.3 Å². The molecule has 0 aliphatic carbocycles. The largest absolute Gasteiger partial charge is 0.486 e. The SMILES string of the molecule is Cc1ccc(N2C(=O)NC(=O)/C(=C\c3cc(Cl)c(OCc4cccc([N+](=O)[O-])c4)c(Br)c3)C2=O)cc1. The second kappa shape index (κ2) is 10.3. The van der Waals surface area contributed by atoms with E-state index in [0.717, 1.165) is 10.5 Å². The van der Waals surface area contributed by atoms with Gasteiger partial charge >= 0.3 is 6.03 Å². The van der Waals surface area contributed by atoms with Gasteiger partial charge in [0.1, 0.15) is 12.2 Å². The van der Waals surface area contributed by atoms with Crippen molar-refractivity contribution in [3.8, 4) is 5.75 Å². The third kappa shape index (κ3) is 5.29. The molecule has 3 aromatic rings. The van der Waals surface area contributed by atoms with Crippen LogP contribution in [0.1, 0.15) is 16.7 Å². The van der Waals surface area contributed by atoms with Gasteiger partial charge in [-0.1, -0.05) is 41.4 Å². The van der Waals surface area contributed by atoms with Crippen molar-refractivity contribution < 1.29 is 24.0 Å². The first-order valence-electron chi connectivity index (χ1n) is 10.5. The number of nitro benzene ring substituents is 1. The quantitative estimate of drug-likeness (QED) is 0.179. The Balaban J connectivity index is 1.59. The molecule has 0 radical (unpaired) electrons. The summed E-state index contributed by atoms with van der Waals surface area (Å²) >= 11 is 9.77. The number of aryl methyl sites for hydroxylation is 1. The van der Waals surface area contributed by atoms with Crippen LogP contribution in [0.4, 0.5) is 16.2 Å². The molecule has 182 valence electrons. The van der Waals surface area contributed by atoms with Gasteiger partial charge in [0.25, 0.3) is 17.5 Å². The fourth-order valence-electron chi connectivity index (χ4n) is 3.47. The maximum atomic E-state index is 13.1. The standard InChI is InChI=1S/C25H17BrClN3O6/c1-14-5-7-17(8-6-14)29-24(32)19(23(31)28-25(29)33)10-16-11-20(26)22(21(27)12-16)36-13-15-3-2-4-18(9-15)30(34)35/h2-12H,13H2,1H3,(H,28,31,33)/b19-10+. The van der Waals surface area contributed by atoms with Crippen molar-refractivity contribution in [2.45, 2.75) is 13.5 Å². The number of benzene rings is 3. The van der Waals surface area contributed by atoms with Gasteiger partial charge in [0.15, 0.2) is 5.75 Å². The van der Waals surface area contributed by atoms with Crippen LogP contribution in [-0.2, 0) is 16.2 Å². The van der Waals surface area contributed by atoms with E-state index in [-0.39, 0.29) is 28.6 Å². The molecular weight excluding hydrogens is 554 g/mol. The fourth-order valence-corrected chi connectivity index (χ4v) is 4.46. The molecule has 3 aromatic carbocycles. The van der Waals surface area contributed by atoms with Crippen LogP contribution in [0.2, 0.25) is 5.02 Å². The second-order valence-corrected chi connectivity index (χ2v) is 9.08. The number of nitrogens with one attached hydrogen (secondary N) is 1. The number of halogens is 2. The van der Waals surface area contributed by atoms with E-state index in [2.05, 4.69) is 21.2 Å². The van der Waals surface area contributed by atoms with E-state index >= 15 is 0 Å². The maximum absolute atomic E-state index is 13.1. The lowest BCUT2D eigenvalue weighted by Gasteiger charge is -2.26. The minimum absolute atomic E-state index is 0.0228. The van der Waals surface area contributed by atoms with Gasteiger partial charge in [0.05, 0.1) is 20.1 Å². The van der Waals surface area contributed by atoms with Gasteiger partial charge < -0.3 is 4.74 Å². The molecule has 0 aromatic heterocycles. The Labute approximate surface area is 218 Å². The predicted octanol–water partition coefficient (Wildman–Crippen LogP) is 5.56. The van der Waals surface area contributed by atoms with Crippen LogP contribution < -0.4 is 15.0 Å². The number of anilines is 1. The number of rotatable bonds is 6. The van der Waals surface area contributed by atoms with E-state index in [1.807, 2.05) is 6.92 Å². The van der Waals surface area contributed by atoms with Crippen LogP contribution in [0.5, 0.6) is 5.75 Å². The lowest BCUT2D eigenvalue weighted by atomic mass is 10.1. The molecule has 1 heterocycles. The second-order valence-electron chi connectivity index (χ2n) is 7.82. The van der Waals surface area contributed by atoms with Crippen molar-refractivity contribution in [3.63, 3.8) is 0 Å². The molecule has 1 N–H and O–H groups in total. The summed E-state index contributed by atoms with van der Waals surface area (Å²) in [7, 11) is 0. The summed E-state index contributed by atoms with van der Waals surface area (Å²) < 4.78 is 6.19. The molecule has 0 bridgehead atoms. The van der Waals surface area contributed by atoms with Gasteiger partial charge in [0.2, 0.25) is 0 Å². The molecule has 9 nitrogen and oxygen atoms in total. The summed E-state index contributed by atoms with van der Waals surface area (Å²) in [5, 5.41) is 13.3. The zero-order chi connectivity index (χ0) is 26.0. The summed E-state index contributed by atoms with van der Waals surface area (Å²) in [4.78, 5) is 49.3. The Hall–Kier alpha value is -4.02. The summed E-state index contributed by atoms with van der Waals surface area (Å²) in [6, 6.07) is 15.0. The summed E-state index contributed by atoms with van der Waals surface area (Å²) in [6.07, 6.45) is 1.33. The van der Waals surface area contributed by atoms with E-state index in [4.69, 9.17) is 16.3 Å². The number of ether oxygens (including phenoxy) is 1. The number of nitrogens with zero attached hydrogens (tertiary/aromatic N) is 2. The van der Waals surface area contributed by atoms with Crippen LogP contribution in [-0.4, -0.2) is 22.8 Å². The highest BCUT2D eigenvalue weighted by atomic mass is 79.9. The molecule has 1 aliphatic heterocycles. The van der Waals surface area contributed by atoms with Crippen molar-refractivity contribution in [3.05, 3.63) is 103 Å². The number of non-ortho nitro benzene ring substituents is 1. The first-order chi connectivity index (χ1) is 17.1. The maximum Gasteiger partial charge on any atom is 0.335 e. The number of hydrogen-bond acceptors (Lipinski definition) is 6. The number of carbonyl (C=O) groups is 3. The first kappa shape index (κ1) is 25.1. The molecular formula is C25H17BrClN3O6. The van der Waals surface area contributed by atoms with E-state index in [9.17, 15) is 24.5 Å². The number of nitro groups is 1. The van der Waals surface area contributed by atoms with Crippen LogP contribution in [0.15, 0.2) is 70.7 Å². The average Bonchev–Trinajstić information content (AvgIpc) is 2.82. The highest BCUT2D eigenvalue weighted by Gasteiger charge is 2.36. The molecule has 1 aliphatic rings. The van der Waals surface area contributed by atoms with Crippen molar-refractivity contribution >= 4 is 62.8 Å². The normalized spacial score (nSPS) is 14.7. The van der Waals surface area contributed by atoms with E-state index in [1.165, 1.54) is 24.3 Å². The molecule has 4 amide bonds. The van der Waals surface area contributed by atoms with Crippen molar-refractivity contribution in [2.24, 2.45) is 0 Å². The van der Waals surface area contributed by atoms with E-state index < -0.39 is 22.8 Å². The molecule has 0 unspecified atom stereocenters. The number of amides is 4. The van der Waals surface area contributed by atoms with Crippen LogP contribution in [0.3, 0.4) is 0 Å². The van der Waals surface area contributed by atoms with Crippen LogP contribution in [0, 0.1) is 17.0 Å². The number of urea groups is 1. The van der Waals surface area contributed by atoms with Gasteiger partial charge in [-0.3, -0.25) is 25.0 Å². The van der Waals surface area contributed by atoms with E-state index in [1.54, 1.807) is 42.5 Å². The molecule has 4 rings (SSSR count). The van der Waals surface area contributed by atoms with Gasteiger partial charge in [-0.15, -0.1) is 0 Å². The number of hydrogen-bond donors (Lipinski definition) is 1. The first-order valence-corrected chi connectivity index (χ1v) is 11.6. The smallest absolute Gasteiger partial charge is 0.335 e. The molecule has 1 fully saturated rings.